The van der Waals surface area contributed by atoms with E-state index in [0.717, 1.165) is 12.1 Å². The van der Waals surface area contributed by atoms with Crippen molar-refractivity contribution < 1.29 is 9.31 Å². The summed E-state index contributed by atoms with van der Waals surface area (Å²) in [7, 11) is 0. The molecule has 1 rings (SSSR count). The summed E-state index contributed by atoms with van der Waals surface area (Å²) in [5, 5.41) is 18.3. The first kappa shape index (κ1) is 8.07. The van der Waals surface area contributed by atoms with E-state index in [-0.39, 0.29) is 11.4 Å². The van der Waals surface area contributed by atoms with Crippen molar-refractivity contribution in [3.8, 4) is 0 Å². The van der Waals surface area contributed by atoms with Crippen molar-refractivity contribution in [3.63, 3.8) is 0 Å². The number of nitro groups is 1. The first-order valence-electron chi connectivity index (χ1n) is 2.94. The largest absolute Gasteiger partial charge is 0.420 e. The van der Waals surface area contributed by atoms with Gasteiger partial charge < -0.3 is 0 Å². The Bertz CT molecular complexity index is 372. The molecule has 1 aromatic rings. The number of nitrogens with zero attached hydrogens (tertiary/aromatic N) is 3. The van der Waals surface area contributed by atoms with Gasteiger partial charge in [0.25, 0.3) is 5.69 Å². The van der Waals surface area contributed by atoms with Crippen molar-refractivity contribution in [2.75, 3.05) is 0 Å². The third kappa shape index (κ3) is 1.34. The Balaban J connectivity index is 3.21. The van der Waals surface area contributed by atoms with Gasteiger partial charge in [-0.1, -0.05) is 0 Å². The fourth-order valence-corrected chi connectivity index (χ4v) is 0.690. The number of halogens is 1. The van der Waals surface area contributed by atoms with E-state index >= 15 is 0 Å². The molecule has 0 unspecified atom stereocenters. The molecular weight excluding hydrogens is 165 g/mol. The number of hydrogen-bond donors (Lipinski definition) is 0. The van der Waals surface area contributed by atoms with Gasteiger partial charge in [-0.05, 0) is 0 Å². The maximum Gasteiger partial charge on any atom is 0.420 e. The van der Waals surface area contributed by atoms with Crippen LogP contribution in [0.25, 0.3) is 4.98 Å². The number of diazo groups is 1. The van der Waals surface area contributed by atoms with Gasteiger partial charge >= 0.3 is 5.69 Å². The van der Waals surface area contributed by atoms with Crippen LogP contribution in [-0.2, 0) is 0 Å². The van der Waals surface area contributed by atoms with Crippen LogP contribution in [0.5, 0.6) is 0 Å². The van der Waals surface area contributed by atoms with Gasteiger partial charge in [0.05, 0.1) is 11.0 Å². The summed E-state index contributed by atoms with van der Waals surface area (Å²) in [5.41, 5.74) is -0.694. The Morgan fingerprint density at radius 1 is 1.58 bits per heavy atom. The van der Waals surface area contributed by atoms with Crippen molar-refractivity contribution in [3.05, 3.63) is 39.1 Å². The number of hydrogen-bond acceptors (Lipinski definition) is 3. The van der Waals surface area contributed by atoms with Gasteiger partial charge in [0.2, 0.25) is 11.2 Å². The summed E-state index contributed by atoms with van der Waals surface area (Å²) in [4.78, 5) is 11.9. The molecule has 0 radical (unpaired) electrons. The molecule has 0 atom stereocenters. The lowest BCUT2D eigenvalue weighted by Crippen LogP contribution is -1.87. The van der Waals surface area contributed by atoms with Crippen LogP contribution in [0.1, 0.15) is 0 Å². The van der Waals surface area contributed by atoms with E-state index in [4.69, 9.17) is 5.39 Å². The summed E-state index contributed by atoms with van der Waals surface area (Å²) in [6.07, 6.45) is 0. The van der Waals surface area contributed by atoms with Gasteiger partial charge in [-0.25, -0.2) is 0 Å². The average molecular weight is 168 g/mol. The zero-order valence-electron chi connectivity index (χ0n) is 5.77. The highest BCUT2D eigenvalue weighted by atomic mass is 19.1. The van der Waals surface area contributed by atoms with Gasteiger partial charge in [-0.2, -0.15) is 4.39 Å². The van der Waals surface area contributed by atoms with E-state index in [1.54, 1.807) is 0 Å². The smallest absolute Gasteiger partial charge is 0.258 e. The number of non-ortho nitro benzene ring substituents is 1. The van der Waals surface area contributed by atoms with Gasteiger partial charge in [0.15, 0.2) is 4.98 Å². The van der Waals surface area contributed by atoms with Crippen LogP contribution in [0, 0.1) is 21.3 Å². The monoisotopic (exact) mass is 168 g/mol. The van der Waals surface area contributed by atoms with E-state index < -0.39 is 10.7 Å². The van der Waals surface area contributed by atoms with Crippen molar-refractivity contribution >= 4 is 11.4 Å². The van der Waals surface area contributed by atoms with Gasteiger partial charge in [0, 0.05) is 12.1 Å². The van der Waals surface area contributed by atoms with Crippen LogP contribution in [0.15, 0.2) is 18.2 Å². The van der Waals surface area contributed by atoms with Gasteiger partial charge in [-0.3, -0.25) is 10.1 Å². The molecule has 0 bridgehead atoms. The predicted molar refractivity (Wildman–Crippen MR) is 37.8 cm³/mol. The third-order valence-electron chi connectivity index (χ3n) is 1.25. The molecule has 5 nitrogen and oxygen atoms in total. The summed E-state index contributed by atoms with van der Waals surface area (Å²) in [5.74, 6) is -0.924. The van der Waals surface area contributed by atoms with Gasteiger partial charge in [0.1, 0.15) is 0 Å². The molecule has 0 spiro atoms. The summed E-state index contributed by atoms with van der Waals surface area (Å²) in [6.45, 7) is 0. The Labute approximate surface area is 66.2 Å². The summed E-state index contributed by atoms with van der Waals surface area (Å²) < 4.78 is 12.7. The van der Waals surface area contributed by atoms with E-state index in [9.17, 15) is 14.5 Å². The molecule has 0 aliphatic rings. The number of benzene rings is 1. The quantitative estimate of drug-likeness (QED) is 0.366. The lowest BCUT2D eigenvalue weighted by molar-refractivity contribution is -0.385. The molecule has 0 heterocycles. The summed E-state index contributed by atoms with van der Waals surface area (Å²) >= 11 is 0. The highest BCUT2D eigenvalue weighted by molar-refractivity contribution is 5.50. The van der Waals surface area contributed by atoms with Crippen molar-refractivity contribution in [1.82, 2.24) is 0 Å². The maximum absolute atomic E-state index is 12.7. The van der Waals surface area contributed by atoms with E-state index in [1.165, 1.54) is 0 Å². The first-order valence-corrected chi connectivity index (χ1v) is 2.94. The fourth-order valence-electron chi connectivity index (χ4n) is 0.690. The molecule has 0 fully saturated rings. The van der Waals surface area contributed by atoms with Crippen LogP contribution < -0.4 is 0 Å². The second-order valence-electron chi connectivity index (χ2n) is 1.99. The molecule has 0 saturated heterocycles. The van der Waals surface area contributed by atoms with E-state index in [1.807, 2.05) is 0 Å². The van der Waals surface area contributed by atoms with Crippen molar-refractivity contribution in [1.29, 1.82) is 5.39 Å². The predicted octanol–water partition coefficient (Wildman–Crippen LogP) is 2.22. The molecule has 60 valence electrons. The molecular formula is C6H3FN3O2+. The normalized spacial score (nSPS) is 9.00. The molecule has 0 saturated carbocycles. The van der Waals surface area contributed by atoms with Crippen LogP contribution in [-0.4, -0.2) is 4.92 Å². The molecule has 1 aromatic carbocycles. The summed E-state index contributed by atoms with van der Waals surface area (Å²) in [6, 6.07) is 2.76. The Kier molecular flexibility index (Phi) is 1.96. The van der Waals surface area contributed by atoms with Crippen LogP contribution in [0.4, 0.5) is 15.8 Å². The zero-order valence-corrected chi connectivity index (χ0v) is 5.77. The lowest BCUT2D eigenvalue weighted by atomic mass is 10.3. The lowest BCUT2D eigenvalue weighted by Gasteiger charge is -1.86. The SMILES string of the molecule is N#[N+]c1ccc([N+](=O)[O-])cc1F. The van der Waals surface area contributed by atoms with Crippen LogP contribution in [0.3, 0.4) is 0 Å². The number of rotatable bonds is 1. The highest BCUT2D eigenvalue weighted by Gasteiger charge is 2.17. The second-order valence-corrected chi connectivity index (χ2v) is 1.99. The molecule has 0 aliphatic heterocycles. The highest BCUT2D eigenvalue weighted by Crippen LogP contribution is 2.22. The van der Waals surface area contributed by atoms with Crippen LogP contribution in [0.2, 0.25) is 0 Å². The van der Waals surface area contributed by atoms with Crippen LogP contribution >= 0.6 is 0 Å². The topological polar surface area (TPSA) is 71.3 Å². The zero-order chi connectivity index (χ0) is 9.14. The van der Waals surface area contributed by atoms with Gasteiger partial charge in [-0.15, -0.1) is 0 Å². The molecule has 0 aliphatic carbocycles. The maximum atomic E-state index is 12.7. The Hall–Kier alpha value is -2.03. The standard InChI is InChI=1S/C6H3FN3O2/c7-5-3-4(10(11)12)1-2-6(5)9-8/h1-3H/q+1. The fraction of sp³-hybridized carbons (Fsp3) is 0. The van der Waals surface area contributed by atoms with Crippen molar-refractivity contribution in [2.24, 2.45) is 0 Å². The minimum atomic E-state index is -0.924. The number of nitro benzene ring substituents is 1. The minimum absolute atomic E-state index is 0.319. The molecule has 6 heteroatoms. The van der Waals surface area contributed by atoms with Crippen molar-refractivity contribution in [2.45, 2.75) is 0 Å². The Morgan fingerprint density at radius 3 is 2.67 bits per heavy atom. The molecule has 0 aromatic heterocycles. The van der Waals surface area contributed by atoms with E-state index in [2.05, 4.69) is 4.98 Å². The second kappa shape index (κ2) is 2.92. The average Bonchev–Trinajstić information content (AvgIpc) is 2.04. The first-order chi connectivity index (χ1) is 5.65. The minimum Gasteiger partial charge on any atom is -0.258 e. The Morgan fingerprint density at radius 2 is 2.25 bits per heavy atom. The third-order valence-corrected chi connectivity index (χ3v) is 1.25. The molecule has 0 amide bonds. The molecule has 0 N–H and O–H groups in total. The molecule has 12 heavy (non-hydrogen) atoms. The van der Waals surface area contributed by atoms with E-state index in [0.29, 0.717) is 6.07 Å².